The van der Waals surface area contributed by atoms with Crippen molar-refractivity contribution in [3.63, 3.8) is 0 Å². The van der Waals surface area contributed by atoms with Crippen molar-refractivity contribution >= 4 is 5.97 Å². The van der Waals surface area contributed by atoms with Crippen molar-refractivity contribution in [2.75, 3.05) is 7.11 Å². The minimum Gasteiger partial charge on any atom is -0.469 e. The molecule has 1 aromatic rings. The highest BCUT2D eigenvalue weighted by Crippen LogP contribution is 1.96. The molecule has 0 radical (unpaired) electrons. The first-order chi connectivity index (χ1) is 5.33. The molecule has 2 heteroatoms. The number of carbonyl (C=O) groups is 1. The normalized spacial score (nSPS) is 8.45. The van der Waals surface area contributed by atoms with Gasteiger partial charge in [0.25, 0.3) is 0 Å². The molecule has 0 spiro atoms. The standard InChI is InChI=1S/C9H8O2/c1-11-9(10)7-8-5-3-2-4-6-8/h3,5-6H,7H2,1H3. The van der Waals surface area contributed by atoms with Gasteiger partial charge in [-0.2, -0.15) is 0 Å². The van der Waals surface area contributed by atoms with Crippen LogP contribution in [0, 0.1) is 12.1 Å². The second-order valence-corrected chi connectivity index (χ2v) is 2.09. The number of hydrogen-bond donors (Lipinski definition) is 0. The van der Waals surface area contributed by atoms with Gasteiger partial charge in [0, 0.05) is 0 Å². The molecule has 0 atom stereocenters. The molecule has 0 N–H and O–H groups in total. The largest absolute Gasteiger partial charge is 0.469 e. The molecule has 0 amide bonds. The van der Waals surface area contributed by atoms with E-state index in [4.69, 9.17) is 0 Å². The first-order valence-corrected chi connectivity index (χ1v) is 3.26. The highest BCUT2D eigenvalue weighted by atomic mass is 16.5. The second-order valence-electron chi connectivity index (χ2n) is 2.09. The first-order valence-electron chi connectivity index (χ1n) is 3.26. The molecule has 0 saturated heterocycles. The number of methoxy groups -OCH3 is 1. The average Bonchev–Trinajstić information content (AvgIpc) is 2.06. The zero-order chi connectivity index (χ0) is 8.10. The molecular weight excluding hydrogens is 140 g/mol. The van der Waals surface area contributed by atoms with Crippen molar-refractivity contribution in [2.45, 2.75) is 6.42 Å². The molecule has 1 aromatic carbocycles. The van der Waals surface area contributed by atoms with Crippen LogP contribution >= 0.6 is 0 Å². The van der Waals surface area contributed by atoms with Gasteiger partial charge in [-0.1, -0.05) is 12.1 Å². The maximum atomic E-state index is 10.7. The van der Waals surface area contributed by atoms with Crippen LogP contribution in [-0.2, 0) is 16.0 Å². The lowest BCUT2D eigenvalue weighted by atomic mass is 10.2. The van der Waals surface area contributed by atoms with Gasteiger partial charge in [0.2, 0.25) is 0 Å². The molecule has 0 saturated carbocycles. The lowest BCUT2D eigenvalue weighted by molar-refractivity contribution is -0.139. The Morgan fingerprint density at radius 1 is 1.64 bits per heavy atom. The summed E-state index contributed by atoms with van der Waals surface area (Å²) >= 11 is 0. The van der Waals surface area contributed by atoms with Gasteiger partial charge in [-0.3, -0.25) is 4.79 Å². The fraction of sp³-hybridized carbons (Fsp3) is 0.222. The van der Waals surface area contributed by atoms with Crippen LogP contribution in [0.3, 0.4) is 0 Å². The number of ether oxygens (including phenoxy) is 1. The summed E-state index contributed by atoms with van der Waals surface area (Å²) in [7, 11) is 1.38. The van der Waals surface area contributed by atoms with Crippen LogP contribution in [0.4, 0.5) is 0 Å². The average molecular weight is 148 g/mol. The minimum atomic E-state index is -0.232. The van der Waals surface area contributed by atoms with E-state index >= 15 is 0 Å². The highest BCUT2D eigenvalue weighted by Gasteiger charge is 1.99. The summed E-state index contributed by atoms with van der Waals surface area (Å²) < 4.78 is 4.49. The quantitative estimate of drug-likeness (QED) is 0.585. The third-order valence-corrected chi connectivity index (χ3v) is 1.30. The molecule has 2 nitrogen and oxygen atoms in total. The van der Waals surface area contributed by atoms with Gasteiger partial charge in [0.1, 0.15) is 0 Å². The Hall–Kier alpha value is -1.49. The zero-order valence-electron chi connectivity index (χ0n) is 6.26. The van der Waals surface area contributed by atoms with E-state index < -0.39 is 0 Å². The van der Waals surface area contributed by atoms with Crippen molar-refractivity contribution in [2.24, 2.45) is 0 Å². The van der Waals surface area contributed by atoms with Crippen LogP contribution in [0.2, 0.25) is 0 Å². The lowest BCUT2D eigenvalue weighted by Crippen LogP contribution is -2.03. The summed E-state index contributed by atoms with van der Waals surface area (Å²) in [4.78, 5) is 10.7. The van der Waals surface area contributed by atoms with E-state index in [1.54, 1.807) is 12.1 Å². The van der Waals surface area contributed by atoms with Crippen LogP contribution in [0.5, 0.6) is 0 Å². The van der Waals surface area contributed by atoms with Crippen molar-refractivity contribution in [1.29, 1.82) is 0 Å². The Kier molecular flexibility index (Phi) is 2.51. The Bertz CT molecular complexity index is 229. The van der Waals surface area contributed by atoms with E-state index in [9.17, 15) is 4.79 Å². The second kappa shape index (κ2) is 3.62. The fourth-order valence-corrected chi connectivity index (χ4v) is 0.728. The molecule has 0 bridgehead atoms. The van der Waals surface area contributed by atoms with Gasteiger partial charge in [-0.15, -0.1) is 0 Å². The maximum absolute atomic E-state index is 10.7. The summed E-state index contributed by atoms with van der Waals surface area (Å²) in [5.41, 5.74) is 0.899. The predicted molar refractivity (Wildman–Crippen MR) is 39.8 cm³/mol. The molecule has 0 heterocycles. The van der Waals surface area contributed by atoms with Gasteiger partial charge in [0.05, 0.1) is 13.5 Å². The Balaban J connectivity index is 2.58. The van der Waals surface area contributed by atoms with Crippen LogP contribution in [0.15, 0.2) is 18.2 Å². The summed E-state index contributed by atoms with van der Waals surface area (Å²) in [6, 6.07) is 10.8. The van der Waals surface area contributed by atoms with Crippen molar-refractivity contribution in [3.8, 4) is 0 Å². The monoisotopic (exact) mass is 148 g/mol. The van der Waals surface area contributed by atoms with Crippen LogP contribution < -0.4 is 0 Å². The molecule has 11 heavy (non-hydrogen) atoms. The summed E-state index contributed by atoms with van der Waals surface area (Å²) in [5, 5.41) is 0. The van der Waals surface area contributed by atoms with E-state index in [0.29, 0.717) is 6.42 Å². The van der Waals surface area contributed by atoms with Crippen LogP contribution in [-0.4, -0.2) is 13.1 Å². The molecule has 0 unspecified atom stereocenters. The molecule has 56 valence electrons. The van der Waals surface area contributed by atoms with Crippen LogP contribution in [0.25, 0.3) is 0 Å². The van der Waals surface area contributed by atoms with Gasteiger partial charge in [-0.25, -0.2) is 0 Å². The number of carbonyl (C=O) groups excluding carboxylic acids is 1. The van der Waals surface area contributed by atoms with E-state index in [2.05, 4.69) is 16.9 Å². The number of hydrogen-bond acceptors (Lipinski definition) is 2. The van der Waals surface area contributed by atoms with Gasteiger partial charge >= 0.3 is 5.97 Å². The minimum absolute atomic E-state index is 0.232. The zero-order valence-corrected chi connectivity index (χ0v) is 6.26. The highest BCUT2D eigenvalue weighted by molar-refractivity contribution is 5.72. The Morgan fingerprint density at radius 3 is 3.00 bits per heavy atom. The summed E-state index contributed by atoms with van der Waals surface area (Å²) in [6.45, 7) is 0. The molecule has 0 fully saturated rings. The van der Waals surface area contributed by atoms with Crippen molar-refractivity contribution in [3.05, 3.63) is 35.9 Å². The summed E-state index contributed by atoms with van der Waals surface area (Å²) in [5.74, 6) is -0.232. The van der Waals surface area contributed by atoms with E-state index in [1.165, 1.54) is 7.11 Å². The van der Waals surface area contributed by atoms with Gasteiger partial charge < -0.3 is 4.74 Å². The van der Waals surface area contributed by atoms with Crippen molar-refractivity contribution in [1.82, 2.24) is 0 Å². The molecule has 0 aliphatic heterocycles. The summed E-state index contributed by atoms with van der Waals surface area (Å²) in [6.07, 6.45) is 0.307. The van der Waals surface area contributed by atoms with Gasteiger partial charge in [-0.05, 0) is 23.8 Å². The Labute approximate surface area is 65.8 Å². The molecule has 1 rings (SSSR count). The van der Waals surface area contributed by atoms with Crippen molar-refractivity contribution < 1.29 is 9.53 Å². The smallest absolute Gasteiger partial charge is 0.310 e. The van der Waals surface area contributed by atoms with Crippen LogP contribution in [0.1, 0.15) is 5.56 Å². The number of rotatable bonds is 2. The molecule has 0 aromatic heterocycles. The first kappa shape index (κ1) is 7.62. The van der Waals surface area contributed by atoms with E-state index in [1.807, 2.05) is 6.07 Å². The van der Waals surface area contributed by atoms with Gasteiger partial charge in [0.15, 0.2) is 0 Å². The topological polar surface area (TPSA) is 26.3 Å². The molecular formula is C9H8O2. The fourth-order valence-electron chi connectivity index (χ4n) is 0.728. The van der Waals surface area contributed by atoms with E-state index in [0.717, 1.165) is 5.56 Å². The Morgan fingerprint density at radius 2 is 2.45 bits per heavy atom. The molecule has 0 aliphatic rings. The molecule has 0 aliphatic carbocycles. The van der Waals surface area contributed by atoms with E-state index in [-0.39, 0.29) is 5.97 Å². The maximum Gasteiger partial charge on any atom is 0.310 e. The lowest BCUT2D eigenvalue weighted by Gasteiger charge is -1.95. The number of esters is 1. The third kappa shape index (κ3) is 2.30. The third-order valence-electron chi connectivity index (χ3n) is 1.30. The predicted octanol–water partition coefficient (Wildman–Crippen LogP) is 1.00. The SMILES string of the molecule is COC(=O)Cc1cc#ccc1.